The van der Waals surface area contributed by atoms with E-state index in [-0.39, 0.29) is 24.9 Å². The lowest BCUT2D eigenvalue weighted by atomic mass is 9.87. The van der Waals surface area contributed by atoms with Gasteiger partial charge in [-0.25, -0.2) is 9.18 Å². The molecule has 0 unspecified atom stereocenters. The first kappa shape index (κ1) is 18.9. The van der Waals surface area contributed by atoms with Gasteiger partial charge in [-0.1, -0.05) is 25.1 Å². The highest BCUT2D eigenvalue weighted by atomic mass is 19.1. The minimum Gasteiger partial charge on any atom is -0.492 e. The Morgan fingerprint density at radius 1 is 1.07 bits per heavy atom. The number of ether oxygens (including phenoxy) is 1. The van der Waals surface area contributed by atoms with Crippen LogP contribution in [0.3, 0.4) is 0 Å². The smallest absolute Gasteiger partial charge is 0.325 e. The van der Waals surface area contributed by atoms with Gasteiger partial charge in [-0.3, -0.25) is 9.69 Å². The Morgan fingerprint density at radius 3 is 2.30 bits per heavy atom. The van der Waals surface area contributed by atoms with Gasteiger partial charge in [-0.05, 0) is 61.2 Å². The van der Waals surface area contributed by atoms with E-state index in [4.69, 9.17) is 4.74 Å². The first-order valence-electron chi connectivity index (χ1n) is 8.97. The van der Waals surface area contributed by atoms with Crippen LogP contribution in [-0.2, 0) is 10.3 Å². The van der Waals surface area contributed by atoms with Crippen LogP contribution in [0.4, 0.5) is 9.18 Å². The highest BCUT2D eigenvalue weighted by Crippen LogP contribution is 2.32. The lowest BCUT2D eigenvalue weighted by Gasteiger charge is -2.25. The SMILES string of the molecule is CC[C@]1(c2ccc(F)cc2)NC(=O)N(CCOc2cc(C)cc(C)c2)C1=O. The number of halogens is 1. The summed E-state index contributed by atoms with van der Waals surface area (Å²) in [6, 6.07) is 11.1. The van der Waals surface area contributed by atoms with Crippen LogP contribution < -0.4 is 10.1 Å². The van der Waals surface area contributed by atoms with E-state index in [0.717, 1.165) is 16.0 Å². The summed E-state index contributed by atoms with van der Waals surface area (Å²) >= 11 is 0. The molecule has 5 nitrogen and oxygen atoms in total. The second kappa shape index (κ2) is 7.39. The molecule has 1 atom stereocenters. The fourth-order valence-electron chi connectivity index (χ4n) is 3.47. The van der Waals surface area contributed by atoms with Crippen LogP contribution >= 0.6 is 0 Å². The maximum absolute atomic E-state index is 13.2. The molecule has 3 amide bonds. The predicted octanol–water partition coefficient (Wildman–Crippen LogP) is 3.68. The van der Waals surface area contributed by atoms with E-state index < -0.39 is 11.6 Å². The van der Waals surface area contributed by atoms with Gasteiger partial charge >= 0.3 is 6.03 Å². The summed E-state index contributed by atoms with van der Waals surface area (Å²) in [6.07, 6.45) is 0.373. The second-order valence-corrected chi connectivity index (χ2v) is 6.82. The molecule has 2 aromatic carbocycles. The van der Waals surface area contributed by atoms with E-state index in [9.17, 15) is 14.0 Å². The number of nitrogens with one attached hydrogen (secondary N) is 1. The Bertz CT molecular complexity index is 846. The molecule has 142 valence electrons. The normalized spacial score (nSPS) is 19.3. The average Bonchev–Trinajstić information content (AvgIpc) is 2.86. The molecule has 1 fully saturated rings. The Morgan fingerprint density at radius 2 is 1.70 bits per heavy atom. The molecule has 2 aromatic rings. The lowest BCUT2D eigenvalue weighted by molar-refractivity contribution is -0.132. The number of aryl methyl sites for hydroxylation is 2. The molecule has 0 bridgehead atoms. The van der Waals surface area contributed by atoms with Crippen LogP contribution in [0.25, 0.3) is 0 Å². The van der Waals surface area contributed by atoms with E-state index in [1.165, 1.54) is 24.3 Å². The topological polar surface area (TPSA) is 58.6 Å². The van der Waals surface area contributed by atoms with Gasteiger partial charge in [0.2, 0.25) is 0 Å². The predicted molar refractivity (Wildman–Crippen MR) is 100 cm³/mol. The van der Waals surface area contributed by atoms with Gasteiger partial charge in [-0.2, -0.15) is 0 Å². The van der Waals surface area contributed by atoms with Crippen LogP contribution in [0, 0.1) is 19.7 Å². The summed E-state index contributed by atoms with van der Waals surface area (Å²) in [5, 5.41) is 2.78. The van der Waals surface area contributed by atoms with Crippen molar-refractivity contribution >= 4 is 11.9 Å². The number of carbonyl (C=O) groups is 2. The van der Waals surface area contributed by atoms with E-state index in [1.807, 2.05) is 39.0 Å². The van der Waals surface area contributed by atoms with Crippen molar-refractivity contribution in [2.24, 2.45) is 0 Å². The fraction of sp³-hybridized carbons (Fsp3) is 0.333. The van der Waals surface area contributed by atoms with Crippen molar-refractivity contribution in [3.05, 3.63) is 65.0 Å². The second-order valence-electron chi connectivity index (χ2n) is 6.82. The molecule has 0 aliphatic carbocycles. The number of imide groups is 1. The largest absolute Gasteiger partial charge is 0.492 e. The molecule has 3 rings (SSSR count). The first-order valence-corrected chi connectivity index (χ1v) is 8.97. The third-order valence-corrected chi connectivity index (χ3v) is 4.82. The molecule has 1 N–H and O–H groups in total. The highest BCUT2D eigenvalue weighted by molar-refractivity contribution is 6.07. The van der Waals surface area contributed by atoms with Gasteiger partial charge in [0.05, 0.1) is 6.54 Å². The molecule has 27 heavy (non-hydrogen) atoms. The zero-order valence-electron chi connectivity index (χ0n) is 15.7. The lowest BCUT2D eigenvalue weighted by Crippen LogP contribution is -2.43. The molecule has 1 aliphatic rings. The third-order valence-electron chi connectivity index (χ3n) is 4.82. The number of nitrogens with zero attached hydrogens (tertiary/aromatic N) is 1. The third kappa shape index (κ3) is 3.65. The summed E-state index contributed by atoms with van der Waals surface area (Å²) in [4.78, 5) is 26.6. The minimum atomic E-state index is -1.16. The fourth-order valence-corrected chi connectivity index (χ4v) is 3.47. The molecule has 1 saturated heterocycles. The van der Waals surface area contributed by atoms with Crippen molar-refractivity contribution in [2.45, 2.75) is 32.7 Å². The average molecular weight is 370 g/mol. The Labute approximate surface area is 158 Å². The van der Waals surface area contributed by atoms with Gasteiger partial charge in [0.25, 0.3) is 5.91 Å². The van der Waals surface area contributed by atoms with Gasteiger partial charge in [0, 0.05) is 0 Å². The zero-order valence-corrected chi connectivity index (χ0v) is 15.7. The molecule has 1 aliphatic heterocycles. The van der Waals surface area contributed by atoms with Crippen molar-refractivity contribution in [3.63, 3.8) is 0 Å². The van der Waals surface area contributed by atoms with Crippen LogP contribution in [-0.4, -0.2) is 30.0 Å². The van der Waals surface area contributed by atoms with Crippen molar-refractivity contribution in [1.29, 1.82) is 0 Å². The Kier molecular flexibility index (Phi) is 5.17. The molecule has 0 radical (unpaired) electrons. The Hall–Kier alpha value is -2.89. The molecule has 0 saturated carbocycles. The number of urea groups is 1. The van der Waals surface area contributed by atoms with Crippen LogP contribution in [0.15, 0.2) is 42.5 Å². The maximum atomic E-state index is 13.2. The van der Waals surface area contributed by atoms with E-state index >= 15 is 0 Å². The Balaban J connectivity index is 1.72. The van der Waals surface area contributed by atoms with Crippen LogP contribution in [0.2, 0.25) is 0 Å². The van der Waals surface area contributed by atoms with Gasteiger partial charge in [0.1, 0.15) is 23.7 Å². The van der Waals surface area contributed by atoms with Gasteiger partial charge in [-0.15, -0.1) is 0 Å². The van der Waals surface area contributed by atoms with Gasteiger partial charge in [0.15, 0.2) is 0 Å². The summed E-state index contributed by atoms with van der Waals surface area (Å²) in [6.45, 7) is 6.12. The number of carbonyl (C=O) groups excluding carboxylic acids is 2. The molecule has 6 heteroatoms. The number of rotatable bonds is 6. The monoisotopic (exact) mass is 370 g/mol. The van der Waals surface area contributed by atoms with E-state index in [2.05, 4.69) is 5.32 Å². The number of benzene rings is 2. The maximum Gasteiger partial charge on any atom is 0.325 e. The quantitative estimate of drug-likeness (QED) is 0.789. The van der Waals surface area contributed by atoms with E-state index in [0.29, 0.717) is 17.7 Å². The zero-order chi connectivity index (χ0) is 19.6. The van der Waals surface area contributed by atoms with Crippen molar-refractivity contribution in [1.82, 2.24) is 10.2 Å². The number of hydrogen-bond donors (Lipinski definition) is 1. The van der Waals surface area contributed by atoms with Crippen molar-refractivity contribution < 1.29 is 18.7 Å². The summed E-state index contributed by atoms with van der Waals surface area (Å²) < 4.78 is 19.0. The molecular formula is C21H23FN2O3. The molecular weight excluding hydrogens is 347 g/mol. The number of amides is 3. The van der Waals surface area contributed by atoms with Gasteiger partial charge < -0.3 is 10.1 Å². The van der Waals surface area contributed by atoms with Crippen molar-refractivity contribution in [2.75, 3.05) is 13.2 Å². The molecule has 0 aromatic heterocycles. The molecule has 0 spiro atoms. The summed E-state index contributed by atoms with van der Waals surface area (Å²) in [5.74, 6) is -0.0223. The minimum absolute atomic E-state index is 0.139. The molecule has 1 heterocycles. The summed E-state index contributed by atoms with van der Waals surface area (Å²) in [5.41, 5.74) is 1.58. The highest BCUT2D eigenvalue weighted by Gasteiger charge is 2.51. The first-order chi connectivity index (χ1) is 12.9. The van der Waals surface area contributed by atoms with Crippen LogP contribution in [0.5, 0.6) is 5.75 Å². The standard InChI is InChI=1S/C21H23FN2O3/c1-4-21(16-5-7-17(22)8-6-16)19(25)24(20(26)23-21)9-10-27-18-12-14(2)11-15(3)13-18/h5-8,11-13H,4,9-10H2,1-3H3,(H,23,26)/t21-/m1/s1. The van der Waals surface area contributed by atoms with Crippen molar-refractivity contribution in [3.8, 4) is 5.75 Å². The van der Waals surface area contributed by atoms with E-state index in [1.54, 1.807) is 0 Å². The van der Waals surface area contributed by atoms with Crippen LogP contribution in [0.1, 0.15) is 30.0 Å². The summed E-state index contributed by atoms with van der Waals surface area (Å²) in [7, 11) is 0. The number of hydrogen-bond acceptors (Lipinski definition) is 3.